The lowest BCUT2D eigenvalue weighted by atomic mass is 9.97. The second kappa shape index (κ2) is 6.83. The molecule has 2 N–H and O–H groups in total. The fourth-order valence-corrected chi connectivity index (χ4v) is 1.38. The monoisotopic (exact) mass is 245 g/mol. The Morgan fingerprint density at radius 1 is 1.39 bits per heavy atom. The number of carbonyl (C=O) groups is 1. The summed E-state index contributed by atoms with van der Waals surface area (Å²) in [6, 6.07) is 7.30. The van der Waals surface area contributed by atoms with E-state index in [-0.39, 0.29) is 18.4 Å². The Morgan fingerprint density at radius 3 is 2.72 bits per heavy atom. The number of hydrogen-bond donors (Lipinski definition) is 2. The molecule has 1 aromatic rings. The van der Waals surface area contributed by atoms with Gasteiger partial charge in [-0.2, -0.15) is 0 Å². The van der Waals surface area contributed by atoms with Crippen LogP contribution < -0.4 is 5.32 Å². The van der Waals surface area contributed by atoms with Gasteiger partial charge in [0, 0.05) is 17.2 Å². The summed E-state index contributed by atoms with van der Waals surface area (Å²) in [6.45, 7) is 5.79. The molecule has 0 saturated carbocycles. The lowest BCUT2D eigenvalue weighted by Crippen LogP contribution is -2.24. The van der Waals surface area contributed by atoms with Crippen LogP contribution in [0.5, 0.6) is 0 Å². The number of aliphatic hydroxyl groups is 1. The summed E-state index contributed by atoms with van der Waals surface area (Å²) in [6.07, 6.45) is 0. The minimum Gasteiger partial charge on any atom is -0.384 e. The molecule has 0 heterocycles. The molecule has 3 nitrogen and oxygen atoms in total. The van der Waals surface area contributed by atoms with E-state index in [4.69, 9.17) is 5.11 Å². The molecule has 0 radical (unpaired) electrons. The summed E-state index contributed by atoms with van der Waals surface area (Å²) in [7, 11) is 0. The van der Waals surface area contributed by atoms with Crippen molar-refractivity contribution in [3.05, 3.63) is 29.8 Å². The van der Waals surface area contributed by atoms with E-state index in [9.17, 15) is 4.79 Å². The topological polar surface area (TPSA) is 49.3 Å². The van der Waals surface area contributed by atoms with Crippen LogP contribution in [-0.4, -0.2) is 17.6 Å². The van der Waals surface area contributed by atoms with Crippen LogP contribution in [0.1, 0.15) is 26.3 Å². The van der Waals surface area contributed by atoms with Crippen LogP contribution in [0.2, 0.25) is 0 Å². The third-order valence-corrected chi connectivity index (χ3v) is 2.86. The quantitative estimate of drug-likeness (QED) is 0.802. The molecule has 0 aliphatic heterocycles. The van der Waals surface area contributed by atoms with Gasteiger partial charge in [0.05, 0.1) is 0 Å². The maximum absolute atomic E-state index is 11.9. The van der Waals surface area contributed by atoms with Gasteiger partial charge in [-0.05, 0) is 24.1 Å². The van der Waals surface area contributed by atoms with E-state index in [1.807, 2.05) is 39.0 Å². The van der Waals surface area contributed by atoms with Crippen molar-refractivity contribution in [2.24, 2.45) is 11.8 Å². The molecule has 0 fully saturated rings. The first-order valence-electron chi connectivity index (χ1n) is 6.05. The third-order valence-electron chi connectivity index (χ3n) is 2.86. The number of hydrogen-bond acceptors (Lipinski definition) is 2. The standard InChI is InChI=1S/C15H19NO2/c1-11(2)12(3)15(18)16-14-8-4-6-13(10-14)7-5-9-17/h4,6,8,10-12,17H,9H2,1-3H3,(H,16,18). The van der Waals surface area contributed by atoms with Gasteiger partial charge in [0.25, 0.3) is 0 Å². The van der Waals surface area contributed by atoms with Crippen molar-refractivity contribution in [2.75, 3.05) is 11.9 Å². The summed E-state index contributed by atoms with van der Waals surface area (Å²) in [4.78, 5) is 11.9. The molecule has 1 amide bonds. The maximum atomic E-state index is 11.9. The summed E-state index contributed by atoms with van der Waals surface area (Å²) in [5, 5.41) is 11.5. The lowest BCUT2D eigenvalue weighted by molar-refractivity contribution is -0.120. The normalized spacial score (nSPS) is 11.6. The molecule has 3 heteroatoms. The Kier molecular flexibility index (Phi) is 5.41. The van der Waals surface area contributed by atoms with E-state index >= 15 is 0 Å². The summed E-state index contributed by atoms with van der Waals surface area (Å²) in [5.74, 6) is 5.68. The minimum absolute atomic E-state index is 0.0114. The highest BCUT2D eigenvalue weighted by Gasteiger charge is 2.16. The fraction of sp³-hybridized carbons (Fsp3) is 0.400. The van der Waals surface area contributed by atoms with E-state index in [1.165, 1.54) is 0 Å². The van der Waals surface area contributed by atoms with Crippen molar-refractivity contribution in [3.8, 4) is 11.8 Å². The Morgan fingerprint density at radius 2 is 2.11 bits per heavy atom. The predicted molar refractivity (Wildman–Crippen MR) is 73.0 cm³/mol. The number of nitrogens with one attached hydrogen (secondary N) is 1. The number of carbonyl (C=O) groups excluding carboxylic acids is 1. The molecule has 0 spiro atoms. The molecule has 0 aromatic heterocycles. The molecule has 0 aliphatic carbocycles. The summed E-state index contributed by atoms with van der Waals surface area (Å²) >= 11 is 0. The molecule has 1 unspecified atom stereocenters. The summed E-state index contributed by atoms with van der Waals surface area (Å²) in [5.41, 5.74) is 1.51. The van der Waals surface area contributed by atoms with E-state index in [0.717, 1.165) is 11.3 Å². The van der Waals surface area contributed by atoms with E-state index in [0.29, 0.717) is 5.92 Å². The van der Waals surface area contributed by atoms with Crippen molar-refractivity contribution in [3.63, 3.8) is 0 Å². The number of aliphatic hydroxyl groups excluding tert-OH is 1. The average Bonchev–Trinajstić information content (AvgIpc) is 2.35. The molecule has 1 rings (SSSR count). The van der Waals surface area contributed by atoms with Gasteiger partial charge in [-0.15, -0.1) is 0 Å². The first-order chi connectivity index (χ1) is 8.54. The van der Waals surface area contributed by atoms with Gasteiger partial charge in [-0.1, -0.05) is 38.7 Å². The molecule has 0 aliphatic rings. The smallest absolute Gasteiger partial charge is 0.227 e. The molecule has 1 aromatic carbocycles. The molecular formula is C15H19NO2. The first-order valence-corrected chi connectivity index (χ1v) is 6.05. The van der Waals surface area contributed by atoms with Crippen LogP contribution in [0.25, 0.3) is 0 Å². The zero-order valence-electron chi connectivity index (χ0n) is 11.0. The second-order valence-electron chi connectivity index (χ2n) is 4.56. The third kappa shape index (κ3) is 4.23. The van der Waals surface area contributed by atoms with Crippen molar-refractivity contribution < 1.29 is 9.90 Å². The van der Waals surface area contributed by atoms with Crippen LogP contribution in [0.15, 0.2) is 24.3 Å². The molecular weight excluding hydrogens is 226 g/mol. The van der Waals surface area contributed by atoms with E-state index in [2.05, 4.69) is 17.2 Å². The fourth-order valence-electron chi connectivity index (χ4n) is 1.38. The van der Waals surface area contributed by atoms with Crippen molar-refractivity contribution in [2.45, 2.75) is 20.8 Å². The zero-order valence-corrected chi connectivity index (χ0v) is 11.0. The molecule has 0 saturated heterocycles. The van der Waals surface area contributed by atoms with Crippen LogP contribution in [0.3, 0.4) is 0 Å². The number of rotatable bonds is 3. The first kappa shape index (κ1) is 14.3. The zero-order chi connectivity index (χ0) is 13.5. The Balaban J connectivity index is 2.76. The highest BCUT2D eigenvalue weighted by molar-refractivity contribution is 5.92. The van der Waals surface area contributed by atoms with Crippen LogP contribution in [-0.2, 0) is 4.79 Å². The van der Waals surface area contributed by atoms with E-state index in [1.54, 1.807) is 6.07 Å². The average molecular weight is 245 g/mol. The van der Waals surface area contributed by atoms with Crippen molar-refractivity contribution in [1.29, 1.82) is 0 Å². The van der Waals surface area contributed by atoms with Gasteiger partial charge in [0.1, 0.15) is 6.61 Å². The Bertz CT molecular complexity index is 469. The SMILES string of the molecule is CC(C)C(C)C(=O)Nc1cccc(C#CCO)c1. The largest absolute Gasteiger partial charge is 0.384 e. The second-order valence-corrected chi connectivity index (χ2v) is 4.56. The number of anilines is 1. The highest BCUT2D eigenvalue weighted by atomic mass is 16.2. The Hall–Kier alpha value is -1.79. The van der Waals surface area contributed by atoms with E-state index < -0.39 is 0 Å². The van der Waals surface area contributed by atoms with Gasteiger partial charge < -0.3 is 10.4 Å². The molecule has 18 heavy (non-hydrogen) atoms. The molecule has 96 valence electrons. The predicted octanol–water partition coefficient (Wildman–Crippen LogP) is 2.26. The highest BCUT2D eigenvalue weighted by Crippen LogP contribution is 2.15. The Labute approximate surface area is 108 Å². The lowest BCUT2D eigenvalue weighted by Gasteiger charge is -2.15. The van der Waals surface area contributed by atoms with Crippen LogP contribution in [0, 0.1) is 23.7 Å². The van der Waals surface area contributed by atoms with Gasteiger partial charge in [0.2, 0.25) is 5.91 Å². The summed E-state index contributed by atoms with van der Waals surface area (Å²) < 4.78 is 0. The van der Waals surface area contributed by atoms with Gasteiger partial charge in [-0.25, -0.2) is 0 Å². The van der Waals surface area contributed by atoms with Gasteiger partial charge >= 0.3 is 0 Å². The number of benzene rings is 1. The minimum atomic E-state index is -0.166. The maximum Gasteiger partial charge on any atom is 0.227 e. The molecule has 1 atom stereocenters. The van der Waals surface area contributed by atoms with Crippen molar-refractivity contribution >= 4 is 11.6 Å². The van der Waals surface area contributed by atoms with Crippen LogP contribution >= 0.6 is 0 Å². The van der Waals surface area contributed by atoms with Crippen LogP contribution in [0.4, 0.5) is 5.69 Å². The molecule has 0 bridgehead atoms. The number of amides is 1. The van der Waals surface area contributed by atoms with Gasteiger partial charge in [-0.3, -0.25) is 4.79 Å². The van der Waals surface area contributed by atoms with Gasteiger partial charge in [0.15, 0.2) is 0 Å². The van der Waals surface area contributed by atoms with Crippen molar-refractivity contribution in [1.82, 2.24) is 0 Å².